The number of rotatable bonds is 7. The third-order valence-corrected chi connectivity index (χ3v) is 3.27. The van der Waals surface area contributed by atoms with E-state index in [1.54, 1.807) is 37.6 Å². The Balaban J connectivity index is 2.18. The van der Waals surface area contributed by atoms with E-state index in [9.17, 15) is 9.18 Å². The Bertz CT molecular complexity index is 587. The fourth-order valence-corrected chi connectivity index (χ4v) is 2.19. The minimum atomic E-state index is -0.552. The summed E-state index contributed by atoms with van der Waals surface area (Å²) in [6.07, 6.45) is 2.38. The molecule has 1 aromatic heterocycles. The average molecular weight is 302 g/mol. The second-order valence-electron chi connectivity index (χ2n) is 4.88. The van der Waals surface area contributed by atoms with Gasteiger partial charge in [0.1, 0.15) is 11.7 Å². The van der Waals surface area contributed by atoms with Gasteiger partial charge in [-0.05, 0) is 36.2 Å². The number of carbonyl (C=O) groups is 1. The molecule has 1 unspecified atom stereocenters. The Labute approximate surface area is 129 Å². The molecular weight excluding hydrogens is 283 g/mol. The highest BCUT2D eigenvalue weighted by molar-refractivity contribution is 5.86. The zero-order valence-electron chi connectivity index (χ0n) is 12.5. The third kappa shape index (κ3) is 4.36. The van der Waals surface area contributed by atoms with Crippen molar-refractivity contribution in [3.8, 4) is 0 Å². The number of carbonyl (C=O) groups excluding carboxylic acids is 1. The number of aromatic nitrogens is 1. The van der Waals surface area contributed by atoms with Crippen molar-refractivity contribution >= 4 is 5.91 Å². The van der Waals surface area contributed by atoms with Gasteiger partial charge in [0.2, 0.25) is 5.91 Å². The molecule has 0 aliphatic rings. The summed E-state index contributed by atoms with van der Waals surface area (Å²) >= 11 is 0. The van der Waals surface area contributed by atoms with Crippen molar-refractivity contribution in [1.82, 2.24) is 10.3 Å². The number of hydrogen-bond acceptors (Lipinski definition) is 3. The molecule has 0 saturated heterocycles. The van der Waals surface area contributed by atoms with Gasteiger partial charge in [0, 0.05) is 26.5 Å². The molecule has 1 heterocycles. The molecule has 1 N–H and O–H groups in total. The van der Waals surface area contributed by atoms with E-state index in [0.717, 1.165) is 6.42 Å². The number of amides is 1. The van der Waals surface area contributed by atoms with E-state index in [0.29, 0.717) is 24.4 Å². The minimum Gasteiger partial charge on any atom is -0.385 e. The Hall–Kier alpha value is -2.27. The van der Waals surface area contributed by atoms with E-state index in [2.05, 4.69) is 10.3 Å². The Morgan fingerprint density at radius 1 is 1.27 bits per heavy atom. The van der Waals surface area contributed by atoms with E-state index in [1.807, 2.05) is 6.07 Å². The van der Waals surface area contributed by atoms with Crippen molar-refractivity contribution in [2.45, 2.75) is 12.3 Å². The number of nitrogens with one attached hydrogen (secondary N) is 1. The zero-order valence-corrected chi connectivity index (χ0v) is 12.5. The highest BCUT2D eigenvalue weighted by atomic mass is 19.1. The summed E-state index contributed by atoms with van der Waals surface area (Å²) in [5, 5.41) is 2.88. The number of halogens is 1. The molecule has 0 fully saturated rings. The van der Waals surface area contributed by atoms with Crippen molar-refractivity contribution in [3.63, 3.8) is 0 Å². The Morgan fingerprint density at radius 2 is 2.05 bits per heavy atom. The van der Waals surface area contributed by atoms with E-state index >= 15 is 0 Å². The van der Waals surface area contributed by atoms with E-state index in [1.165, 1.54) is 12.1 Å². The number of benzene rings is 1. The predicted octanol–water partition coefficient (Wildman–Crippen LogP) is 2.51. The van der Waals surface area contributed by atoms with Gasteiger partial charge in [0.25, 0.3) is 0 Å². The first-order valence-corrected chi connectivity index (χ1v) is 7.15. The molecule has 0 bridgehead atoms. The second kappa shape index (κ2) is 8.24. The minimum absolute atomic E-state index is 0.151. The second-order valence-corrected chi connectivity index (χ2v) is 4.88. The van der Waals surface area contributed by atoms with Crippen LogP contribution in [0.15, 0.2) is 48.7 Å². The molecule has 1 amide bonds. The maximum absolute atomic E-state index is 13.1. The number of pyridine rings is 1. The summed E-state index contributed by atoms with van der Waals surface area (Å²) in [4.78, 5) is 16.8. The topological polar surface area (TPSA) is 51.2 Å². The van der Waals surface area contributed by atoms with Crippen molar-refractivity contribution < 1.29 is 13.9 Å². The molecular formula is C17H19FN2O2. The fraction of sp³-hybridized carbons (Fsp3) is 0.294. The van der Waals surface area contributed by atoms with Crippen molar-refractivity contribution in [2.24, 2.45) is 0 Å². The van der Waals surface area contributed by atoms with Gasteiger partial charge in [-0.2, -0.15) is 0 Å². The van der Waals surface area contributed by atoms with Crippen LogP contribution in [0.2, 0.25) is 0 Å². The molecule has 4 nitrogen and oxygen atoms in total. The van der Waals surface area contributed by atoms with E-state index < -0.39 is 5.92 Å². The van der Waals surface area contributed by atoms with Crippen LogP contribution < -0.4 is 5.32 Å². The average Bonchev–Trinajstić information content (AvgIpc) is 2.55. The lowest BCUT2D eigenvalue weighted by Crippen LogP contribution is -2.31. The summed E-state index contributed by atoms with van der Waals surface area (Å²) in [5.74, 6) is -1.03. The zero-order chi connectivity index (χ0) is 15.8. The first-order valence-electron chi connectivity index (χ1n) is 7.15. The summed E-state index contributed by atoms with van der Waals surface area (Å²) < 4.78 is 18.1. The molecule has 5 heteroatoms. The van der Waals surface area contributed by atoms with E-state index in [4.69, 9.17) is 4.74 Å². The first kappa shape index (κ1) is 16.1. The van der Waals surface area contributed by atoms with Gasteiger partial charge in [0.05, 0.1) is 5.69 Å². The molecule has 2 aromatic rings. The maximum atomic E-state index is 13.1. The predicted molar refractivity (Wildman–Crippen MR) is 82.0 cm³/mol. The fourth-order valence-electron chi connectivity index (χ4n) is 2.19. The summed E-state index contributed by atoms with van der Waals surface area (Å²) in [5.41, 5.74) is 1.35. The van der Waals surface area contributed by atoms with Crippen LogP contribution in [-0.4, -0.2) is 31.2 Å². The number of nitrogens with zero attached hydrogens (tertiary/aromatic N) is 1. The van der Waals surface area contributed by atoms with E-state index in [-0.39, 0.29) is 11.7 Å². The van der Waals surface area contributed by atoms with Crippen LogP contribution in [0.25, 0.3) is 0 Å². The quantitative estimate of drug-likeness (QED) is 0.800. The van der Waals surface area contributed by atoms with Crippen LogP contribution in [0.5, 0.6) is 0 Å². The highest BCUT2D eigenvalue weighted by Gasteiger charge is 2.23. The van der Waals surface area contributed by atoms with Crippen LogP contribution in [0.1, 0.15) is 23.6 Å². The standard InChI is InChI=1S/C17H19FN2O2/c1-22-12-4-11-20-17(21)16(15-5-2-3-10-19-15)13-6-8-14(18)9-7-13/h2-3,5-10,16H,4,11-12H2,1H3,(H,20,21). The lowest BCUT2D eigenvalue weighted by molar-refractivity contribution is -0.121. The number of hydrogen-bond donors (Lipinski definition) is 1. The SMILES string of the molecule is COCCCNC(=O)C(c1ccc(F)cc1)c1ccccn1. The third-order valence-electron chi connectivity index (χ3n) is 3.27. The van der Waals surface area contributed by atoms with Crippen molar-refractivity contribution in [3.05, 3.63) is 65.7 Å². The Morgan fingerprint density at radius 3 is 2.68 bits per heavy atom. The molecule has 0 saturated carbocycles. The molecule has 2 rings (SSSR count). The summed E-state index contributed by atoms with van der Waals surface area (Å²) in [7, 11) is 1.62. The molecule has 0 radical (unpaired) electrons. The molecule has 22 heavy (non-hydrogen) atoms. The lowest BCUT2D eigenvalue weighted by Gasteiger charge is -2.17. The van der Waals surface area contributed by atoms with Gasteiger partial charge in [0.15, 0.2) is 0 Å². The van der Waals surface area contributed by atoms with Gasteiger partial charge < -0.3 is 10.1 Å². The normalized spacial score (nSPS) is 11.9. The molecule has 0 spiro atoms. The maximum Gasteiger partial charge on any atom is 0.233 e. The monoisotopic (exact) mass is 302 g/mol. The van der Waals surface area contributed by atoms with Crippen LogP contribution in [-0.2, 0) is 9.53 Å². The van der Waals surface area contributed by atoms with Crippen LogP contribution in [0.3, 0.4) is 0 Å². The molecule has 116 valence electrons. The number of methoxy groups -OCH3 is 1. The van der Waals surface area contributed by atoms with Crippen LogP contribution in [0, 0.1) is 5.82 Å². The van der Waals surface area contributed by atoms with Crippen LogP contribution >= 0.6 is 0 Å². The summed E-state index contributed by atoms with van der Waals surface area (Å²) in [6, 6.07) is 11.3. The molecule has 0 aliphatic carbocycles. The van der Waals surface area contributed by atoms with Crippen molar-refractivity contribution in [1.29, 1.82) is 0 Å². The van der Waals surface area contributed by atoms with Crippen molar-refractivity contribution in [2.75, 3.05) is 20.3 Å². The molecule has 1 aromatic carbocycles. The largest absolute Gasteiger partial charge is 0.385 e. The lowest BCUT2D eigenvalue weighted by atomic mass is 9.94. The highest BCUT2D eigenvalue weighted by Crippen LogP contribution is 2.23. The molecule has 1 atom stereocenters. The van der Waals surface area contributed by atoms with Gasteiger partial charge in [-0.15, -0.1) is 0 Å². The van der Waals surface area contributed by atoms with Crippen LogP contribution in [0.4, 0.5) is 4.39 Å². The van der Waals surface area contributed by atoms with Gasteiger partial charge in [-0.1, -0.05) is 18.2 Å². The Kier molecular flexibility index (Phi) is 6.03. The van der Waals surface area contributed by atoms with Gasteiger partial charge in [-0.25, -0.2) is 4.39 Å². The first-order chi connectivity index (χ1) is 10.7. The number of ether oxygens (including phenoxy) is 1. The summed E-state index contributed by atoms with van der Waals surface area (Å²) in [6.45, 7) is 1.11. The van der Waals surface area contributed by atoms with Gasteiger partial charge in [-0.3, -0.25) is 9.78 Å². The van der Waals surface area contributed by atoms with Gasteiger partial charge >= 0.3 is 0 Å². The molecule has 0 aliphatic heterocycles. The smallest absolute Gasteiger partial charge is 0.233 e.